The van der Waals surface area contributed by atoms with Gasteiger partial charge in [0.2, 0.25) is 5.52 Å². The van der Waals surface area contributed by atoms with Gasteiger partial charge in [-0.1, -0.05) is 35.6 Å². The van der Waals surface area contributed by atoms with E-state index in [-0.39, 0.29) is 0 Å². The first-order chi connectivity index (χ1) is 11.3. The number of likely N-dealkylation sites (tertiary alicyclic amines) is 1. The third kappa shape index (κ3) is 2.43. The summed E-state index contributed by atoms with van der Waals surface area (Å²) in [5, 5.41) is 4.09. The number of fused-ring (bicyclic) bond motifs is 3. The van der Waals surface area contributed by atoms with E-state index in [9.17, 15) is 0 Å². The largest absolute Gasteiger partial charge is 0.375 e. The van der Waals surface area contributed by atoms with Gasteiger partial charge in [0.15, 0.2) is 0 Å². The molecule has 0 radical (unpaired) electrons. The van der Waals surface area contributed by atoms with Crippen LogP contribution < -0.4 is 4.57 Å². The molecule has 0 spiro atoms. The number of aryl methyl sites for hydroxylation is 1. The lowest BCUT2D eigenvalue weighted by Crippen LogP contribution is -2.33. The Hall–Kier alpha value is -1.87. The molecule has 0 bridgehead atoms. The Balaban J connectivity index is 1.93. The number of nitrogens with zero attached hydrogens (tertiary/aromatic N) is 2. The van der Waals surface area contributed by atoms with Gasteiger partial charge in [0.1, 0.15) is 11.2 Å². The quantitative estimate of drug-likeness (QED) is 0.627. The molecule has 1 aliphatic rings. The molecule has 4 rings (SSSR count). The zero-order chi connectivity index (χ0) is 15.8. The van der Waals surface area contributed by atoms with Crippen molar-refractivity contribution in [2.75, 3.05) is 13.1 Å². The monoisotopic (exact) mass is 323 g/mol. The van der Waals surface area contributed by atoms with E-state index in [1.54, 1.807) is 0 Å². The molecule has 0 atom stereocenters. The van der Waals surface area contributed by atoms with Crippen molar-refractivity contribution in [1.82, 2.24) is 4.90 Å². The van der Waals surface area contributed by atoms with E-state index < -0.39 is 0 Å². The highest BCUT2D eigenvalue weighted by atomic mass is 32.1. The summed E-state index contributed by atoms with van der Waals surface area (Å²) in [6, 6.07) is 13.3. The van der Waals surface area contributed by atoms with Crippen molar-refractivity contribution in [3.8, 4) is 0 Å². The van der Waals surface area contributed by atoms with Crippen LogP contribution in [-0.4, -0.2) is 18.0 Å². The van der Waals surface area contributed by atoms with Crippen LogP contribution in [0.3, 0.4) is 0 Å². The van der Waals surface area contributed by atoms with Gasteiger partial charge in [0.25, 0.3) is 5.01 Å². The fraction of sp³-hybridized carbons (Fsp3) is 0.350. The minimum Gasteiger partial charge on any atom is -0.375 e. The summed E-state index contributed by atoms with van der Waals surface area (Å²) < 4.78 is 3.88. The molecule has 3 aromatic rings. The Bertz CT molecular complexity index is 891. The first kappa shape index (κ1) is 14.7. The van der Waals surface area contributed by atoms with E-state index in [4.69, 9.17) is 0 Å². The number of thiazole rings is 1. The van der Waals surface area contributed by atoms with Crippen LogP contribution in [0.1, 0.15) is 31.7 Å². The van der Waals surface area contributed by atoms with Crippen molar-refractivity contribution in [2.45, 2.75) is 33.2 Å². The van der Waals surface area contributed by atoms with Crippen LogP contribution in [0.2, 0.25) is 0 Å². The molecule has 0 amide bonds. The molecule has 1 aromatic heterocycles. The molecule has 118 valence electrons. The number of rotatable bonds is 3. The van der Waals surface area contributed by atoms with Crippen molar-refractivity contribution in [1.29, 1.82) is 0 Å². The summed E-state index contributed by atoms with van der Waals surface area (Å²) in [5.74, 6) is 0. The molecule has 0 N–H and O–H groups in total. The molecule has 1 saturated heterocycles. The SMILES string of the molecule is CCN1CCCC1=Cc1sc2c3ccccc3ccc2[n+]1CC. The first-order valence-corrected chi connectivity index (χ1v) is 9.43. The third-order valence-electron chi connectivity index (χ3n) is 4.88. The smallest absolute Gasteiger partial charge is 0.264 e. The van der Waals surface area contributed by atoms with Gasteiger partial charge in [-0.05, 0) is 38.1 Å². The molecule has 2 nitrogen and oxygen atoms in total. The van der Waals surface area contributed by atoms with E-state index in [1.165, 1.54) is 51.1 Å². The van der Waals surface area contributed by atoms with Gasteiger partial charge in [-0.3, -0.25) is 0 Å². The normalized spacial score (nSPS) is 17.0. The maximum Gasteiger partial charge on any atom is 0.264 e. The fourth-order valence-corrected chi connectivity index (χ4v) is 5.00. The number of allylic oxidation sites excluding steroid dienone is 1. The van der Waals surface area contributed by atoms with Crippen molar-refractivity contribution < 1.29 is 4.57 Å². The van der Waals surface area contributed by atoms with Gasteiger partial charge in [-0.15, -0.1) is 0 Å². The molecule has 0 saturated carbocycles. The Morgan fingerprint density at radius 1 is 1.17 bits per heavy atom. The summed E-state index contributed by atoms with van der Waals surface area (Å²) in [4.78, 5) is 2.52. The summed E-state index contributed by atoms with van der Waals surface area (Å²) in [6.07, 6.45) is 4.94. The molecule has 1 fully saturated rings. The molecule has 1 aliphatic heterocycles. The Morgan fingerprint density at radius 2 is 2.04 bits per heavy atom. The van der Waals surface area contributed by atoms with Crippen LogP contribution in [0, 0.1) is 0 Å². The van der Waals surface area contributed by atoms with Crippen LogP contribution in [0.4, 0.5) is 0 Å². The first-order valence-electron chi connectivity index (χ1n) is 8.61. The van der Waals surface area contributed by atoms with Crippen molar-refractivity contribution in [3.05, 3.63) is 47.1 Å². The molecular weight excluding hydrogens is 300 g/mol. The Morgan fingerprint density at radius 3 is 2.87 bits per heavy atom. The van der Waals surface area contributed by atoms with Crippen LogP contribution in [-0.2, 0) is 6.54 Å². The maximum absolute atomic E-state index is 2.52. The van der Waals surface area contributed by atoms with Crippen molar-refractivity contribution >= 4 is 38.4 Å². The molecule has 0 aliphatic carbocycles. The van der Waals surface area contributed by atoms with Crippen LogP contribution in [0.5, 0.6) is 0 Å². The standard InChI is InChI=1S/C20H23N2S/c1-3-21-13-7-9-16(21)14-19-22(4-2)18-12-11-15-8-5-6-10-17(15)20(18)23-19/h5-6,8,10-12,14H,3-4,7,9,13H2,1-2H3/q+1. The van der Waals surface area contributed by atoms with E-state index in [1.807, 2.05) is 11.3 Å². The Kier molecular flexibility index (Phi) is 3.82. The highest BCUT2D eigenvalue weighted by molar-refractivity contribution is 7.19. The highest BCUT2D eigenvalue weighted by Crippen LogP contribution is 2.31. The summed E-state index contributed by atoms with van der Waals surface area (Å²) in [7, 11) is 0. The second kappa shape index (κ2) is 5.97. The second-order valence-electron chi connectivity index (χ2n) is 6.14. The fourth-order valence-electron chi connectivity index (χ4n) is 3.68. The lowest BCUT2D eigenvalue weighted by molar-refractivity contribution is -0.665. The molecule has 2 heterocycles. The van der Waals surface area contributed by atoms with Gasteiger partial charge < -0.3 is 4.90 Å². The number of hydrogen-bond acceptors (Lipinski definition) is 2. The molecule has 2 aromatic carbocycles. The van der Waals surface area contributed by atoms with E-state index in [2.05, 4.69) is 65.8 Å². The lowest BCUT2D eigenvalue weighted by atomic mass is 10.1. The number of benzene rings is 2. The topological polar surface area (TPSA) is 7.12 Å². The van der Waals surface area contributed by atoms with Gasteiger partial charge >= 0.3 is 0 Å². The van der Waals surface area contributed by atoms with Crippen molar-refractivity contribution in [3.63, 3.8) is 0 Å². The Labute approximate surface area is 141 Å². The van der Waals surface area contributed by atoms with Crippen LogP contribution >= 0.6 is 11.3 Å². The third-order valence-corrected chi connectivity index (χ3v) is 6.06. The average molecular weight is 323 g/mol. The van der Waals surface area contributed by atoms with Crippen molar-refractivity contribution in [2.24, 2.45) is 0 Å². The predicted molar refractivity (Wildman–Crippen MR) is 99.7 cm³/mol. The molecule has 0 unspecified atom stereocenters. The summed E-state index contributed by atoms with van der Waals surface area (Å²) in [6.45, 7) is 7.85. The van der Waals surface area contributed by atoms with E-state index >= 15 is 0 Å². The van der Waals surface area contributed by atoms with Crippen LogP contribution in [0.25, 0.3) is 27.1 Å². The maximum atomic E-state index is 2.52. The highest BCUT2D eigenvalue weighted by Gasteiger charge is 2.22. The summed E-state index contributed by atoms with van der Waals surface area (Å²) in [5.41, 5.74) is 2.87. The van der Waals surface area contributed by atoms with Gasteiger partial charge in [0.05, 0.1) is 0 Å². The molecule has 23 heavy (non-hydrogen) atoms. The average Bonchev–Trinajstić information content (AvgIpc) is 3.18. The van der Waals surface area contributed by atoms with Gasteiger partial charge in [0, 0.05) is 36.3 Å². The second-order valence-corrected chi connectivity index (χ2v) is 7.17. The lowest BCUT2D eigenvalue weighted by Gasteiger charge is -2.16. The summed E-state index contributed by atoms with van der Waals surface area (Å²) >= 11 is 1.94. The number of aromatic nitrogens is 1. The van der Waals surface area contributed by atoms with Gasteiger partial charge in [-0.25, -0.2) is 0 Å². The predicted octanol–water partition coefficient (Wildman–Crippen LogP) is 4.82. The van der Waals surface area contributed by atoms with E-state index in [0.717, 1.165) is 13.1 Å². The van der Waals surface area contributed by atoms with Gasteiger partial charge in [-0.2, -0.15) is 4.57 Å². The molecule has 3 heteroatoms. The van der Waals surface area contributed by atoms with E-state index in [0.29, 0.717) is 0 Å². The van der Waals surface area contributed by atoms with Crippen LogP contribution in [0.15, 0.2) is 42.1 Å². The minimum absolute atomic E-state index is 1.02. The zero-order valence-electron chi connectivity index (χ0n) is 13.9. The number of hydrogen-bond donors (Lipinski definition) is 0. The molecular formula is C20H23N2S+. The minimum atomic E-state index is 1.02. The zero-order valence-corrected chi connectivity index (χ0v) is 14.7.